The van der Waals surface area contributed by atoms with Gasteiger partial charge in [-0.2, -0.15) is 0 Å². The Balaban J connectivity index is 1.40. The van der Waals surface area contributed by atoms with Crippen molar-refractivity contribution in [3.63, 3.8) is 0 Å². The third-order valence-corrected chi connectivity index (χ3v) is 8.65. The second kappa shape index (κ2) is 8.35. The summed E-state index contributed by atoms with van der Waals surface area (Å²) in [5, 5.41) is 70.9. The minimum Gasteiger partial charge on any atom is -0.393 e. The lowest BCUT2D eigenvalue weighted by atomic mass is 9.70. The first kappa shape index (κ1) is 24.7. The standard InChI is InChI=1S/C21H36O11/c1-19(2)9-4-12(20(19,3)5-10(9)23)32-17-15(26)14(25)13(24)11(31-17)6-29-18-16(27)21(28,7-22)8-30-18/h9-18,22-28H,4-8H2,1-3H3/t9-,10+,11+,12-,13+,14-,15+,16-,17-,18-,20-,21-/m1/s1. The molecular weight excluding hydrogens is 428 g/mol. The summed E-state index contributed by atoms with van der Waals surface area (Å²) in [6.45, 7) is 4.83. The summed E-state index contributed by atoms with van der Waals surface area (Å²) in [7, 11) is 0. The van der Waals surface area contributed by atoms with Crippen LogP contribution in [0.5, 0.6) is 0 Å². The van der Waals surface area contributed by atoms with E-state index in [-0.39, 0.29) is 36.1 Å². The molecule has 11 nitrogen and oxygen atoms in total. The van der Waals surface area contributed by atoms with Crippen LogP contribution in [-0.4, -0.2) is 116 Å². The second-order valence-electron chi connectivity index (χ2n) is 10.6. The van der Waals surface area contributed by atoms with Crippen molar-refractivity contribution in [2.45, 2.75) is 94.5 Å². The van der Waals surface area contributed by atoms with Gasteiger partial charge in [0.25, 0.3) is 0 Å². The maximum Gasteiger partial charge on any atom is 0.186 e. The van der Waals surface area contributed by atoms with Gasteiger partial charge in [-0.05, 0) is 24.2 Å². The van der Waals surface area contributed by atoms with E-state index in [0.717, 1.165) is 0 Å². The fraction of sp³-hybridized carbons (Fsp3) is 1.00. The summed E-state index contributed by atoms with van der Waals surface area (Å²) in [6, 6.07) is 0. The molecule has 0 spiro atoms. The van der Waals surface area contributed by atoms with Gasteiger partial charge >= 0.3 is 0 Å². The summed E-state index contributed by atoms with van der Waals surface area (Å²) in [5.41, 5.74) is -2.40. The number of rotatable bonds is 6. The van der Waals surface area contributed by atoms with Gasteiger partial charge in [-0.3, -0.25) is 0 Å². The molecule has 0 unspecified atom stereocenters. The molecule has 0 amide bonds. The summed E-state index contributed by atoms with van der Waals surface area (Å²) in [5.74, 6) is 0.0409. The number of aliphatic hydroxyl groups is 7. The van der Waals surface area contributed by atoms with Crippen LogP contribution in [0.25, 0.3) is 0 Å². The molecule has 4 aliphatic rings. The average molecular weight is 465 g/mol. The highest BCUT2D eigenvalue weighted by atomic mass is 16.7. The van der Waals surface area contributed by atoms with Crippen LogP contribution in [0.4, 0.5) is 0 Å². The van der Waals surface area contributed by atoms with E-state index < -0.39 is 61.4 Å². The number of fused-ring (bicyclic) bond motifs is 2. The molecule has 7 N–H and O–H groups in total. The Labute approximate surface area is 186 Å². The van der Waals surface area contributed by atoms with Crippen LogP contribution >= 0.6 is 0 Å². The first-order chi connectivity index (χ1) is 14.9. The summed E-state index contributed by atoms with van der Waals surface area (Å²) in [6.07, 6.45) is -9.28. The van der Waals surface area contributed by atoms with Gasteiger partial charge < -0.3 is 54.7 Å². The van der Waals surface area contributed by atoms with Crippen molar-refractivity contribution in [1.29, 1.82) is 0 Å². The third-order valence-electron chi connectivity index (χ3n) is 8.65. The van der Waals surface area contributed by atoms with Crippen molar-refractivity contribution in [3.05, 3.63) is 0 Å². The normalized spacial score (nSPS) is 54.9. The van der Waals surface area contributed by atoms with E-state index in [1.807, 2.05) is 6.92 Å². The van der Waals surface area contributed by atoms with Crippen molar-refractivity contribution in [2.75, 3.05) is 19.8 Å². The highest BCUT2D eigenvalue weighted by molar-refractivity contribution is 5.14. The van der Waals surface area contributed by atoms with Crippen molar-refractivity contribution in [2.24, 2.45) is 16.7 Å². The Kier molecular flexibility index (Phi) is 6.44. The Hall–Kier alpha value is -0.440. The van der Waals surface area contributed by atoms with Gasteiger partial charge in [0, 0.05) is 5.41 Å². The lowest BCUT2D eigenvalue weighted by Crippen LogP contribution is -2.60. The van der Waals surface area contributed by atoms with Gasteiger partial charge in [-0.25, -0.2) is 0 Å². The van der Waals surface area contributed by atoms with Gasteiger partial charge in [0.05, 0.1) is 32.0 Å². The summed E-state index contributed by atoms with van der Waals surface area (Å²) in [4.78, 5) is 0. The van der Waals surface area contributed by atoms with Gasteiger partial charge in [0.15, 0.2) is 12.6 Å². The predicted octanol–water partition coefficient (Wildman–Crippen LogP) is -2.55. The van der Waals surface area contributed by atoms with Gasteiger partial charge in [0.2, 0.25) is 0 Å². The van der Waals surface area contributed by atoms with E-state index in [1.54, 1.807) is 0 Å². The van der Waals surface area contributed by atoms with Crippen LogP contribution in [0.2, 0.25) is 0 Å². The minimum absolute atomic E-state index is 0.0409. The topological polar surface area (TPSA) is 179 Å². The minimum atomic E-state index is -1.85. The molecule has 2 saturated heterocycles. The monoisotopic (exact) mass is 464 g/mol. The predicted molar refractivity (Wildman–Crippen MR) is 106 cm³/mol. The molecule has 2 aliphatic heterocycles. The molecule has 4 fully saturated rings. The van der Waals surface area contributed by atoms with Gasteiger partial charge in [-0.15, -0.1) is 0 Å². The zero-order chi connectivity index (χ0) is 23.6. The van der Waals surface area contributed by atoms with E-state index >= 15 is 0 Å². The van der Waals surface area contributed by atoms with Crippen LogP contribution in [0.15, 0.2) is 0 Å². The Morgan fingerprint density at radius 2 is 1.66 bits per heavy atom. The number of ether oxygens (including phenoxy) is 4. The highest BCUT2D eigenvalue weighted by Gasteiger charge is 2.66. The SMILES string of the molecule is CC1(C)[C@@H]2C[C@@H](O[C@H]3O[C@@H](CO[C@@H]4OC[C@](O)(CO)[C@@H]4O)[C@H](O)[C@@H](O)[C@@H]3O)[C@@]1(C)C[C@@H]2O. The number of aliphatic hydroxyl groups excluding tert-OH is 6. The van der Waals surface area contributed by atoms with E-state index in [9.17, 15) is 35.7 Å². The first-order valence-corrected chi connectivity index (χ1v) is 11.1. The molecule has 0 aromatic rings. The van der Waals surface area contributed by atoms with Gasteiger partial charge in [0.1, 0.15) is 36.1 Å². The molecule has 186 valence electrons. The Morgan fingerprint density at radius 3 is 2.19 bits per heavy atom. The van der Waals surface area contributed by atoms with Crippen molar-refractivity contribution in [3.8, 4) is 0 Å². The second-order valence-corrected chi connectivity index (χ2v) is 10.6. The molecule has 4 rings (SSSR count). The maximum absolute atomic E-state index is 10.5. The van der Waals surface area contributed by atoms with Crippen molar-refractivity contribution in [1.82, 2.24) is 0 Å². The zero-order valence-electron chi connectivity index (χ0n) is 18.6. The lowest BCUT2D eigenvalue weighted by Gasteiger charge is -2.45. The van der Waals surface area contributed by atoms with E-state index in [0.29, 0.717) is 12.8 Å². The first-order valence-electron chi connectivity index (χ1n) is 11.1. The van der Waals surface area contributed by atoms with Crippen LogP contribution in [0.3, 0.4) is 0 Å². The lowest BCUT2D eigenvalue weighted by molar-refractivity contribution is -0.326. The van der Waals surface area contributed by atoms with E-state index in [4.69, 9.17) is 18.9 Å². The molecule has 32 heavy (non-hydrogen) atoms. The molecule has 11 heteroatoms. The fourth-order valence-electron chi connectivity index (χ4n) is 5.89. The fourth-order valence-corrected chi connectivity index (χ4v) is 5.89. The average Bonchev–Trinajstić information content (AvgIpc) is 3.20. The zero-order valence-corrected chi connectivity index (χ0v) is 18.6. The van der Waals surface area contributed by atoms with Crippen LogP contribution in [0, 0.1) is 16.7 Å². The summed E-state index contributed by atoms with van der Waals surface area (Å²) < 4.78 is 22.5. The number of hydrogen-bond acceptors (Lipinski definition) is 11. The third kappa shape index (κ3) is 3.62. The van der Waals surface area contributed by atoms with Crippen molar-refractivity contribution < 1.29 is 54.7 Å². The quantitative estimate of drug-likeness (QED) is 0.220. The van der Waals surface area contributed by atoms with Crippen LogP contribution in [0.1, 0.15) is 33.6 Å². The molecular formula is C21H36O11. The molecule has 0 aromatic carbocycles. The smallest absolute Gasteiger partial charge is 0.186 e. The maximum atomic E-state index is 10.5. The molecule has 0 aromatic heterocycles. The van der Waals surface area contributed by atoms with Crippen LogP contribution < -0.4 is 0 Å². The Bertz CT molecular complexity index is 691. The van der Waals surface area contributed by atoms with E-state index in [1.165, 1.54) is 0 Å². The van der Waals surface area contributed by atoms with Crippen molar-refractivity contribution >= 4 is 0 Å². The molecule has 12 atom stereocenters. The summed E-state index contributed by atoms with van der Waals surface area (Å²) >= 11 is 0. The van der Waals surface area contributed by atoms with Crippen LogP contribution in [-0.2, 0) is 18.9 Å². The Morgan fingerprint density at radius 1 is 0.969 bits per heavy atom. The molecule has 2 bridgehead atoms. The highest BCUT2D eigenvalue weighted by Crippen LogP contribution is 2.66. The molecule has 2 heterocycles. The largest absolute Gasteiger partial charge is 0.393 e. The molecule has 2 aliphatic carbocycles. The number of hydrogen-bond donors (Lipinski definition) is 7. The van der Waals surface area contributed by atoms with Gasteiger partial charge in [-0.1, -0.05) is 20.8 Å². The van der Waals surface area contributed by atoms with E-state index in [2.05, 4.69) is 13.8 Å². The molecule has 0 radical (unpaired) electrons. The molecule has 2 saturated carbocycles.